The van der Waals surface area contributed by atoms with Crippen LogP contribution in [0.5, 0.6) is 0 Å². The summed E-state index contributed by atoms with van der Waals surface area (Å²) in [5, 5.41) is 18.4. The van der Waals surface area contributed by atoms with Crippen LogP contribution in [-0.4, -0.2) is 37.2 Å². The van der Waals surface area contributed by atoms with E-state index in [-0.39, 0.29) is 25.1 Å². The molecule has 0 aliphatic heterocycles. The van der Waals surface area contributed by atoms with Gasteiger partial charge in [0.05, 0.1) is 31.1 Å². The second-order valence-corrected chi connectivity index (χ2v) is 6.69. The Morgan fingerprint density at radius 2 is 2.04 bits per heavy atom. The van der Waals surface area contributed by atoms with Gasteiger partial charge in [-0.15, -0.1) is 0 Å². The van der Waals surface area contributed by atoms with Crippen LogP contribution in [0.1, 0.15) is 25.6 Å². The molecule has 3 aromatic rings. The number of carbonyl (C=O) groups excluding carboxylic acids is 1. The second kappa shape index (κ2) is 8.67. The normalized spacial score (nSPS) is 11.0. The Hall–Kier alpha value is -3.19. The summed E-state index contributed by atoms with van der Waals surface area (Å²) >= 11 is 0. The summed E-state index contributed by atoms with van der Waals surface area (Å²) in [6.07, 6.45) is 3.01. The maximum atomic E-state index is 12.7. The van der Waals surface area contributed by atoms with Crippen LogP contribution in [0.25, 0.3) is 11.3 Å². The fourth-order valence-corrected chi connectivity index (χ4v) is 3.11. The lowest BCUT2D eigenvalue weighted by atomic mass is 10.1. The van der Waals surface area contributed by atoms with Gasteiger partial charge in [0.25, 0.3) is 5.91 Å². The van der Waals surface area contributed by atoms with Crippen molar-refractivity contribution >= 4 is 11.7 Å². The van der Waals surface area contributed by atoms with Gasteiger partial charge in [0, 0.05) is 23.9 Å². The molecule has 2 aromatic heterocycles. The lowest BCUT2D eigenvalue weighted by Gasteiger charge is -2.23. The number of benzene rings is 1. The van der Waals surface area contributed by atoms with Gasteiger partial charge in [0.15, 0.2) is 0 Å². The fourth-order valence-electron chi connectivity index (χ4n) is 3.11. The first-order valence-corrected chi connectivity index (χ1v) is 9.25. The largest absolute Gasteiger partial charge is 0.394 e. The summed E-state index contributed by atoms with van der Waals surface area (Å²) in [5.74, 6) is 0.365. The van der Waals surface area contributed by atoms with E-state index in [1.165, 1.54) is 6.08 Å². The van der Waals surface area contributed by atoms with Gasteiger partial charge >= 0.3 is 0 Å². The van der Waals surface area contributed by atoms with Crippen molar-refractivity contribution in [3.05, 3.63) is 67.0 Å². The predicted octanol–water partition coefficient (Wildman–Crippen LogP) is 3.04. The van der Waals surface area contributed by atoms with Crippen molar-refractivity contribution in [2.45, 2.75) is 33.0 Å². The lowest BCUT2D eigenvalue weighted by Crippen LogP contribution is -2.32. The molecule has 0 aliphatic rings. The van der Waals surface area contributed by atoms with E-state index in [1.54, 1.807) is 15.8 Å². The molecule has 2 heterocycles. The molecule has 1 N–H and O–H groups in total. The first-order valence-electron chi connectivity index (χ1n) is 9.25. The third-order valence-corrected chi connectivity index (χ3v) is 4.42. The molecule has 7 heteroatoms. The maximum absolute atomic E-state index is 12.7. The average molecular weight is 379 g/mol. The highest BCUT2D eigenvalue weighted by Crippen LogP contribution is 2.26. The molecule has 0 fully saturated rings. The molecule has 0 atom stereocenters. The molecule has 28 heavy (non-hydrogen) atoms. The third-order valence-electron chi connectivity index (χ3n) is 4.42. The lowest BCUT2D eigenvalue weighted by molar-refractivity contribution is -0.114. The molecule has 7 nitrogen and oxygen atoms in total. The van der Waals surface area contributed by atoms with E-state index in [2.05, 4.69) is 16.8 Å². The minimum atomic E-state index is -0.241. The van der Waals surface area contributed by atoms with Gasteiger partial charge in [-0.1, -0.05) is 36.9 Å². The molecule has 146 valence electrons. The van der Waals surface area contributed by atoms with Gasteiger partial charge in [-0.25, -0.2) is 4.68 Å². The van der Waals surface area contributed by atoms with Gasteiger partial charge in [0.1, 0.15) is 5.82 Å². The van der Waals surface area contributed by atoms with Crippen LogP contribution in [0.3, 0.4) is 0 Å². The third kappa shape index (κ3) is 4.04. The van der Waals surface area contributed by atoms with Gasteiger partial charge in [-0.3, -0.25) is 14.4 Å². The van der Waals surface area contributed by atoms with E-state index < -0.39 is 0 Å². The zero-order chi connectivity index (χ0) is 20.1. The number of nitrogens with zero attached hydrogens (tertiary/aromatic N) is 5. The number of hydrogen-bond acceptors (Lipinski definition) is 4. The van der Waals surface area contributed by atoms with Crippen LogP contribution < -0.4 is 4.90 Å². The van der Waals surface area contributed by atoms with Gasteiger partial charge in [-0.2, -0.15) is 10.2 Å². The Morgan fingerprint density at radius 3 is 2.68 bits per heavy atom. The molecular weight excluding hydrogens is 354 g/mol. The smallest absolute Gasteiger partial charge is 0.251 e. The fraction of sp³-hybridized carbons (Fsp3) is 0.286. The average Bonchev–Trinajstić information content (AvgIpc) is 3.33. The van der Waals surface area contributed by atoms with E-state index in [0.29, 0.717) is 12.4 Å². The maximum Gasteiger partial charge on any atom is 0.251 e. The highest BCUT2D eigenvalue weighted by atomic mass is 16.3. The van der Waals surface area contributed by atoms with Crippen molar-refractivity contribution in [1.82, 2.24) is 19.6 Å². The minimum Gasteiger partial charge on any atom is -0.394 e. The Labute approximate surface area is 164 Å². The summed E-state index contributed by atoms with van der Waals surface area (Å²) in [5.41, 5.74) is 2.59. The quantitative estimate of drug-likeness (QED) is 0.611. The van der Waals surface area contributed by atoms with Crippen LogP contribution in [0.4, 0.5) is 5.82 Å². The van der Waals surface area contributed by atoms with Crippen molar-refractivity contribution in [2.24, 2.45) is 0 Å². The summed E-state index contributed by atoms with van der Waals surface area (Å²) in [7, 11) is 0. The monoisotopic (exact) mass is 379 g/mol. The first kappa shape index (κ1) is 19.6. The first-order chi connectivity index (χ1) is 13.5. The number of aliphatic hydroxyl groups excluding tert-OH is 1. The molecule has 1 aromatic carbocycles. The Kier molecular flexibility index (Phi) is 6.06. The summed E-state index contributed by atoms with van der Waals surface area (Å²) < 4.78 is 3.54. The Morgan fingerprint density at radius 1 is 1.29 bits per heavy atom. The molecular formula is C21H25N5O2. The van der Waals surface area contributed by atoms with Gasteiger partial charge in [-0.05, 0) is 26.0 Å². The van der Waals surface area contributed by atoms with Crippen LogP contribution in [0.15, 0.2) is 61.3 Å². The van der Waals surface area contributed by atoms with E-state index in [9.17, 15) is 9.90 Å². The topological polar surface area (TPSA) is 76.2 Å². The number of aliphatic hydroxyl groups is 1. The van der Waals surface area contributed by atoms with Crippen molar-refractivity contribution < 1.29 is 9.90 Å². The van der Waals surface area contributed by atoms with E-state index >= 15 is 0 Å². The number of rotatable bonds is 8. The number of carbonyl (C=O) groups is 1. The Balaban J connectivity index is 2.04. The highest BCUT2D eigenvalue weighted by molar-refractivity contribution is 6.00. The summed E-state index contributed by atoms with van der Waals surface area (Å²) in [6, 6.07) is 13.7. The molecule has 3 rings (SSSR count). The molecule has 0 spiro atoms. The second-order valence-electron chi connectivity index (χ2n) is 6.69. The minimum absolute atomic E-state index is 0.0804. The van der Waals surface area contributed by atoms with Crippen molar-refractivity contribution in [1.29, 1.82) is 0 Å². The van der Waals surface area contributed by atoms with E-state index in [4.69, 9.17) is 0 Å². The number of amides is 1. The molecule has 0 saturated heterocycles. The van der Waals surface area contributed by atoms with Crippen LogP contribution >= 0.6 is 0 Å². The van der Waals surface area contributed by atoms with Gasteiger partial charge in [0.2, 0.25) is 0 Å². The zero-order valence-corrected chi connectivity index (χ0v) is 16.2. The number of aromatic nitrogens is 4. The molecule has 0 unspecified atom stereocenters. The summed E-state index contributed by atoms with van der Waals surface area (Å²) in [6.45, 7) is 8.26. The molecule has 0 bridgehead atoms. The zero-order valence-electron chi connectivity index (χ0n) is 16.2. The van der Waals surface area contributed by atoms with E-state index in [0.717, 1.165) is 17.0 Å². The van der Waals surface area contributed by atoms with Crippen LogP contribution in [0, 0.1) is 0 Å². The summed E-state index contributed by atoms with van der Waals surface area (Å²) in [4.78, 5) is 14.3. The molecule has 1 amide bonds. The van der Waals surface area contributed by atoms with Crippen molar-refractivity contribution in [3.63, 3.8) is 0 Å². The highest BCUT2D eigenvalue weighted by Gasteiger charge is 2.22. The van der Waals surface area contributed by atoms with Crippen LogP contribution in [0.2, 0.25) is 0 Å². The van der Waals surface area contributed by atoms with Crippen molar-refractivity contribution in [3.8, 4) is 11.3 Å². The number of hydrogen-bond donors (Lipinski definition) is 1. The molecule has 0 saturated carbocycles. The number of anilines is 1. The van der Waals surface area contributed by atoms with Crippen molar-refractivity contribution in [2.75, 3.05) is 11.5 Å². The van der Waals surface area contributed by atoms with Crippen LogP contribution in [-0.2, 0) is 17.9 Å². The SMILES string of the molecule is C=CC(=O)N(Cc1ccnn1C(C)C)c1cc(-c2ccccc2)nn1CCO. The standard InChI is InChI=1S/C21H25N5O2/c1-4-21(28)24(15-18-10-11-22-26(18)16(2)3)20-14-19(23-25(20)12-13-27)17-8-6-5-7-9-17/h4-11,14,16,27H,1,12-13,15H2,2-3H3. The van der Waals surface area contributed by atoms with E-state index in [1.807, 2.05) is 61.0 Å². The van der Waals surface area contributed by atoms with Gasteiger partial charge < -0.3 is 5.11 Å². The predicted molar refractivity (Wildman–Crippen MR) is 109 cm³/mol. The Bertz CT molecular complexity index is 943. The molecule has 0 radical (unpaired) electrons. The molecule has 0 aliphatic carbocycles.